The maximum absolute atomic E-state index is 14.9. The normalized spacial score (nSPS) is 17.6. The van der Waals surface area contributed by atoms with Gasteiger partial charge >= 0.3 is 0 Å². The van der Waals surface area contributed by atoms with Crippen LogP contribution in [0.5, 0.6) is 0 Å². The molecule has 0 aliphatic carbocycles. The van der Waals surface area contributed by atoms with Crippen molar-refractivity contribution >= 4 is 0 Å². The third kappa shape index (κ3) is 4.93. The van der Waals surface area contributed by atoms with Crippen LogP contribution in [-0.2, 0) is 5.41 Å². The van der Waals surface area contributed by atoms with E-state index < -0.39 is 11.6 Å². The molecule has 156 valence electrons. The summed E-state index contributed by atoms with van der Waals surface area (Å²) in [7, 11) is 0. The molecule has 0 saturated carbocycles. The van der Waals surface area contributed by atoms with Crippen LogP contribution in [0, 0.1) is 11.6 Å². The van der Waals surface area contributed by atoms with Gasteiger partial charge in [0.05, 0.1) is 6.04 Å². The van der Waals surface area contributed by atoms with Crippen LogP contribution < -0.4 is 10.6 Å². The molecule has 2 heterocycles. The summed E-state index contributed by atoms with van der Waals surface area (Å²) < 4.78 is 29.8. The molecule has 0 radical (unpaired) electrons. The molecule has 0 spiro atoms. The lowest BCUT2D eigenvalue weighted by molar-refractivity contribution is 0.271. The summed E-state index contributed by atoms with van der Waals surface area (Å²) in [6.07, 6.45) is 4.84. The van der Waals surface area contributed by atoms with Crippen molar-refractivity contribution in [3.63, 3.8) is 0 Å². The fraction of sp³-hybridized carbons (Fsp3) is 0.435. The van der Waals surface area contributed by atoms with E-state index in [4.69, 9.17) is 5.11 Å². The van der Waals surface area contributed by atoms with E-state index in [-0.39, 0.29) is 35.2 Å². The quantitative estimate of drug-likeness (QED) is 0.664. The van der Waals surface area contributed by atoms with Gasteiger partial charge in [0.25, 0.3) is 0 Å². The predicted octanol–water partition coefficient (Wildman–Crippen LogP) is 4.56. The van der Waals surface area contributed by atoms with E-state index in [1.54, 1.807) is 12.3 Å². The average molecular weight is 402 g/mol. The first-order valence-electron chi connectivity index (χ1n) is 9.97. The number of hydrogen-bond acceptors (Lipinski definition) is 4. The fourth-order valence-electron chi connectivity index (χ4n) is 3.52. The van der Waals surface area contributed by atoms with Crippen molar-refractivity contribution < 1.29 is 13.9 Å². The molecular formula is C23H29F2N3O. The first-order valence-corrected chi connectivity index (χ1v) is 9.97. The molecule has 1 aromatic carbocycles. The Hall–Kier alpha value is -2.47. The molecule has 2 unspecified atom stereocenters. The maximum atomic E-state index is 14.9. The van der Waals surface area contributed by atoms with Crippen molar-refractivity contribution in [1.82, 2.24) is 15.6 Å². The van der Waals surface area contributed by atoms with E-state index in [1.807, 2.05) is 40.0 Å². The average Bonchev–Trinajstić information content (AvgIpc) is 3.10. The van der Waals surface area contributed by atoms with Gasteiger partial charge in [-0.3, -0.25) is 4.98 Å². The molecule has 29 heavy (non-hydrogen) atoms. The Morgan fingerprint density at radius 1 is 1.24 bits per heavy atom. The topological polar surface area (TPSA) is 57.2 Å². The standard InChI is InChI=1S/C23H29F2N3O/c1-14(28-17-10-16(6-8-29)27-13-17)18-11-21(25)19(12-20(18)24)15-5-7-26-22(9-15)23(2,3)4/h5,7,9,11-14,16,27-29H,6,8,10H2,1-4H3. The number of pyridine rings is 1. The third-order valence-electron chi connectivity index (χ3n) is 5.23. The number of nitrogens with one attached hydrogen (secondary N) is 2. The number of halogens is 2. The summed E-state index contributed by atoms with van der Waals surface area (Å²) in [5.41, 5.74) is 2.69. The Kier molecular flexibility index (Phi) is 6.22. The SMILES string of the molecule is CC(NC1=CNC(CCO)C1)c1cc(F)c(-c2ccnc(C(C)(C)C)c2)cc1F. The van der Waals surface area contributed by atoms with Crippen LogP contribution in [0.2, 0.25) is 0 Å². The number of aromatic nitrogens is 1. The van der Waals surface area contributed by atoms with Crippen LogP contribution in [0.1, 0.15) is 57.8 Å². The highest BCUT2D eigenvalue weighted by molar-refractivity contribution is 5.65. The van der Waals surface area contributed by atoms with E-state index in [2.05, 4.69) is 15.6 Å². The Bertz CT molecular complexity index is 905. The Morgan fingerprint density at radius 3 is 2.69 bits per heavy atom. The van der Waals surface area contributed by atoms with E-state index in [9.17, 15) is 8.78 Å². The summed E-state index contributed by atoms with van der Waals surface area (Å²) in [6, 6.07) is 5.83. The van der Waals surface area contributed by atoms with E-state index in [0.717, 1.165) is 17.8 Å². The van der Waals surface area contributed by atoms with Crippen molar-refractivity contribution in [3.8, 4) is 11.1 Å². The van der Waals surface area contributed by atoms with Crippen LogP contribution in [-0.4, -0.2) is 22.7 Å². The molecule has 2 aromatic rings. The minimum absolute atomic E-state index is 0.113. The Balaban J connectivity index is 1.81. The van der Waals surface area contributed by atoms with Crippen molar-refractivity contribution in [1.29, 1.82) is 0 Å². The van der Waals surface area contributed by atoms with Gasteiger partial charge in [0.15, 0.2) is 0 Å². The Morgan fingerprint density at radius 2 is 2.00 bits per heavy atom. The molecule has 2 atom stereocenters. The number of aliphatic hydroxyl groups excluding tert-OH is 1. The summed E-state index contributed by atoms with van der Waals surface area (Å²) in [5, 5.41) is 15.5. The first kappa shape index (κ1) is 21.2. The molecule has 1 aliphatic rings. The largest absolute Gasteiger partial charge is 0.396 e. The minimum Gasteiger partial charge on any atom is -0.396 e. The monoisotopic (exact) mass is 401 g/mol. The maximum Gasteiger partial charge on any atom is 0.131 e. The van der Waals surface area contributed by atoms with Crippen LogP contribution in [0.25, 0.3) is 11.1 Å². The Labute approximate surface area is 171 Å². The highest BCUT2D eigenvalue weighted by atomic mass is 19.1. The highest BCUT2D eigenvalue weighted by Gasteiger charge is 2.22. The molecule has 6 heteroatoms. The first-order chi connectivity index (χ1) is 13.7. The van der Waals surface area contributed by atoms with E-state index in [1.165, 1.54) is 12.1 Å². The van der Waals surface area contributed by atoms with Gasteiger partial charge in [-0.1, -0.05) is 20.8 Å². The van der Waals surface area contributed by atoms with Gasteiger partial charge < -0.3 is 15.7 Å². The van der Waals surface area contributed by atoms with Crippen molar-refractivity contribution in [2.75, 3.05) is 6.61 Å². The zero-order valence-corrected chi connectivity index (χ0v) is 17.4. The number of nitrogens with zero attached hydrogens (tertiary/aromatic N) is 1. The molecule has 0 bridgehead atoms. The van der Waals surface area contributed by atoms with Crippen molar-refractivity contribution in [2.45, 2.75) is 58.0 Å². The van der Waals surface area contributed by atoms with Crippen LogP contribution in [0.15, 0.2) is 42.4 Å². The van der Waals surface area contributed by atoms with Crippen molar-refractivity contribution in [3.05, 3.63) is 65.3 Å². The number of benzene rings is 1. The van der Waals surface area contributed by atoms with Gasteiger partial charge in [-0.05, 0) is 43.2 Å². The van der Waals surface area contributed by atoms with Gasteiger partial charge in [0.2, 0.25) is 0 Å². The van der Waals surface area contributed by atoms with Gasteiger partial charge in [0, 0.05) is 59.4 Å². The van der Waals surface area contributed by atoms with E-state index >= 15 is 0 Å². The number of rotatable bonds is 6. The zero-order chi connectivity index (χ0) is 21.2. The third-order valence-corrected chi connectivity index (χ3v) is 5.23. The smallest absolute Gasteiger partial charge is 0.131 e. The molecule has 3 N–H and O–H groups in total. The van der Waals surface area contributed by atoms with Gasteiger partial charge in [-0.15, -0.1) is 0 Å². The van der Waals surface area contributed by atoms with Crippen LogP contribution in [0.3, 0.4) is 0 Å². The fourth-order valence-corrected chi connectivity index (χ4v) is 3.52. The number of hydrogen-bond donors (Lipinski definition) is 3. The summed E-state index contributed by atoms with van der Waals surface area (Å²) in [5.74, 6) is -0.910. The molecule has 4 nitrogen and oxygen atoms in total. The summed E-state index contributed by atoms with van der Waals surface area (Å²) in [6.45, 7) is 8.02. The van der Waals surface area contributed by atoms with Gasteiger partial charge in [-0.25, -0.2) is 8.78 Å². The van der Waals surface area contributed by atoms with Crippen LogP contribution in [0.4, 0.5) is 8.78 Å². The second kappa shape index (κ2) is 8.49. The van der Waals surface area contributed by atoms with Crippen LogP contribution >= 0.6 is 0 Å². The molecule has 1 aromatic heterocycles. The molecule has 0 amide bonds. The minimum atomic E-state index is -0.460. The van der Waals surface area contributed by atoms with Gasteiger partial charge in [-0.2, -0.15) is 0 Å². The molecule has 0 saturated heterocycles. The van der Waals surface area contributed by atoms with Gasteiger partial charge in [0.1, 0.15) is 11.6 Å². The second-order valence-corrected chi connectivity index (χ2v) is 8.65. The number of aliphatic hydroxyl groups is 1. The molecule has 0 fully saturated rings. The zero-order valence-electron chi connectivity index (χ0n) is 17.4. The second-order valence-electron chi connectivity index (χ2n) is 8.65. The van der Waals surface area contributed by atoms with Crippen molar-refractivity contribution in [2.24, 2.45) is 0 Å². The summed E-state index contributed by atoms with van der Waals surface area (Å²) >= 11 is 0. The lowest BCUT2D eigenvalue weighted by Crippen LogP contribution is -2.22. The molecular weight excluding hydrogens is 372 g/mol. The van der Waals surface area contributed by atoms with E-state index in [0.29, 0.717) is 12.0 Å². The lowest BCUT2D eigenvalue weighted by Gasteiger charge is -2.20. The summed E-state index contributed by atoms with van der Waals surface area (Å²) in [4.78, 5) is 4.36. The molecule has 1 aliphatic heterocycles. The lowest BCUT2D eigenvalue weighted by atomic mass is 9.89. The highest BCUT2D eigenvalue weighted by Crippen LogP contribution is 2.31. The predicted molar refractivity (Wildman–Crippen MR) is 111 cm³/mol. The molecule has 3 rings (SSSR count).